The average molecular weight is 273 g/mol. The molecule has 0 unspecified atom stereocenters. The number of benzene rings is 1. The third kappa shape index (κ3) is 2.90. The molecular formula is C16H19NO3. The highest BCUT2D eigenvalue weighted by Gasteiger charge is 2.34. The Kier molecular flexibility index (Phi) is 4.23. The zero-order valence-electron chi connectivity index (χ0n) is 11.7. The fourth-order valence-electron chi connectivity index (χ4n) is 2.49. The molecule has 1 amide bonds. The summed E-state index contributed by atoms with van der Waals surface area (Å²) in [5, 5.41) is 12.1. The molecule has 2 atom stereocenters. The molecule has 0 saturated carbocycles. The molecule has 0 bridgehead atoms. The molecule has 2 N–H and O–H groups in total. The molecule has 20 heavy (non-hydrogen) atoms. The molecule has 1 aliphatic rings. The predicted octanol–water partition coefficient (Wildman–Crippen LogP) is 2.91. The fourth-order valence-corrected chi connectivity index (χ4v) is 2.49. The van der Waals surface area contributed by atoms with Crippen LogP contribution in [0.3, 0.4) is 0 Å². The number of carbonyl (C=O) groups is 2. The second-order valence-corrected chi connectivity index (χ2v) is 5.23. The first-order chi connectivity index (χ1) is 9.50. The number of allylic oxidation sites excluding steroid dienone is 2. The minimum atomic E-state index is -0.907. The SMILES string of the molecule is Cc1cccc(NC(=O)[C@@H]2CC=CC[C@H]2C(=O)O)c1C. The van der Waals surface area contributed by atoms with E-state index in [1.807, 2.05) is 44.2 Å². The molecule has 0 fully saturated rings. The lowest BCUT2D eigenvalue weighted by atomic mass is 9.82. The molecule has 4 nitrogen and oxygen atoms in total. The summed E-state index contributed by atoms with van der Waals surface area (Å²) in [5.74, 6) is -2.26. The van der Waals surface area contributed by atoms with Gasteiger partial charge in [-0.05, 0) is 43.9 Å². The van der Waals surface area contributed by atoms with Crippen LogP contribution in [0.4, 0.5) is 5.69 Å². The minimum absolute atomic E-state index is 0.213. The summed E-state index contributed by atoms with van der Waals surface area (Å²) >= 11 is 0. The molecule has 106 valence electrons. The van der Waals surface area contributed by atoms with Crippen molar-refractivity contribution in [3.63, 3.8) is 0 Å². The van der Waals surface area contributed by atoms with Crippen molar-refractivity contribution in [2.24, 2.45) is 11.8 Å². The lowest BCUT2D eigenvalue weighted by Gasteiger charge is -2.24. The van der Waals surface area contributed by atoms with E-state index in [1.165, 1.54) is 0 Å². The van der Waals surface area contributed by atoms with Crippen LogP contribution in [0.15, 0.2) is 30.4 Å². The number of carbonyl (C=O) groups excluding carboxylic acids is 1. The maximum atomic E-state index is 12.3. The van der Waals surface area contributed by atoms with E-state index >= 15 is 0 Å². The molecular weight excluding hydrogens is 254 g/mol. The van der Waals surface area contributed by atoms with Gasteiger partial charge in [-0.3, -0.25) is 9.59 Å². The van der Waals surface area contributed by atoms with Gasteiger partial charge in [0.15, 0.2) is 0 Å². The van der Waals surface area contributed by atoms with Crippen molar-refractivity contribution < 1.29 is 14.7 Å². The van der Waals surface area contributed by atoms with Crippen molar-refractivity contribution in [2.45, 2.75) is 26.7 Å². The van der Waals surface area contributed by atoms with Crippen molar-refractivity contribution in [3.8, 4) is 0 Å². The van der Waals surface area contributed by atoms with Gasteiger partial charge in [0.2, 0.25) is 5.91 Å². The number of anilines is 1. The van der Waals surface area contributed by atoms with E-state index in [2.05, 4.69) is 5.32 Å². The van der Waals surface area contributed by atoms with Crippen molar-refractivity contribution >= 4 is 17.6 Å². The lowest BCUT2D eigenvalue weighted by Crippen LogP contribution is -2.34. The van der Waals surface area contributed by atoms with Crippen LogP contribution in [-0.4, -0.2) is 17.0 Å². The van der Waals surface area contributed by atoms with Crippen LogP contribution in [0.25, 0.3) is 0 Å². The Morgan fingerprint density at radius 1 is 1.15 bits per heavy atom. The Bertz CT molecular complexity index is 563. The molecule has 1 aromatic carbocycles. The number of aryl methyl sites for hydroxylation is 1. The van der Waals surface area contributed by atoms with Gasteiger partial charge in [0.05, 0.1) is 11.8 Å². The number of carboxylic acids is 1. The van der Waals surface area contributed by atoms with Gasteiger partial charge in [0.25, 0.3) is 0 Å². The molecule has 0 spiro atoms. The summed E-state index contributed by atoms with van der Waals surface area (Å²) in [6.07, 6.45) is 4.61. The summed E-state index contributed by atoms with van der Waals surface area (Å²) in [4.78, 5) is 23.6. The smallest absolute Gasteiger partial charge is 0.307 e. The van der Waals surface area contributed by atoms with Crippen molar-refractivity contribution in [1.29, 1.82) is 0 Å². The monoisotopic (exact) mass is 273 g/mol. The van der Waals surface area contributed by atoms with E-state index in [0.29, 0.717) is 12.8 Å². The van der Waals surface area contributed by atoms with E-state index in [1.54, 1.807) is 0 Å². The zero-order valence-corrected chi connectivity index (χ0v) is 11.7. The maximum absolute atomic E-state index is 12.3. The lowest BCUT2D eigenvalue weighted by molar-refractivity contribution is -0.146. The Labute approximate surface area is 118 Å². The van der Waals surface area contributed by atoms with Crippen molar-refractivity contribution in [3.05, 3.63) is 41.5 Å². The molecule has 2 rings (SSSR count). The number of nitrogens with one attached hydrogen (secondary N) is 1. The first-order valence-corrected chi connectivity index (χ1v) is 6.75. The number of amides is 1. The van der Waals surface area contributed by atoms with Crippen LogP contribution in [0.1, 0.15) is 24.0 Å². The van der Waals surface area contributed by atoms with Gasteiger partial charge < -0.3 is 10.4 Å². The Morgan fingerprint density at radius 2 is 1.80 bits per heavy atom. The quantitative estimate of drug-likeness (QED) is 0.832. The third-order valence-corrected chi connectivity index (χ3v) is 3.95. The first-order valence-electron chi connectivity index (χ1n) is 6.75. The van der Waals surface area contributed by atoms with Gasteiger partial charge in [-0.15, -0.1) is 0 Å². The second-order valence-electron chi connectivity index (χ2n) is 5.23. The van der Waals surface area contributed by atoms with Crippen LogP contribution in [0.2, 0.25) is 0 Å². The van der Waals surface area contributed by atoms with E-state index in [4.69, 9.17) is 0 Å². The predicted molar refractivity (Wildman–Crippen MR) is 77.5 cm³/mol. The normalized spacial score (nSPS) is 21.5. The number of rotatable bonds is 3. The van der Waals surface area contributed by atoms with Crippen molar-refractivity contribution in [2.75, 3.05) is 5.32 Å². The molecule has 0 aliphatic heterocycles. The highest BCUT2D eigenvalue weighted by atomic mass is 16.4. The second kappa shape index (κ2) is 5.90. The number of hydrogen-bond acceptors (Lipinski definition) is 2. The molecule has 0 saturated heterocycles. The van der Waals surface area contributed by atoms with Gasteiger partial charge in [-0.25, -0.2) is 0 Å². The Balaban J connectivity index is 2.17. The summed E-state index contributed by atoms with van der Waals surface area (Å²) < 4.78 is 0. The minimum Gasteiger partial charge on any atom is -0.481 e. The molecule has 4 heteroatoms. The molecule has 0 radical (unpaired) electrons. The maximum Gasteiger partial charge on any atom is 0.307 e. The van der Waals surface area contributed by atoms with E-state index in [9.17, 15) is 14.7 Å². The van der Waals surface area contributed by atoms with Crippen LogP contribution in [-0.2, 0) is 9.59 Å². The standard InChI is InChI=1S/C16H19NO3/c1-10-6-5-9-14(11(10)2)17-15(18)12-7-3-4-8-13(12)16(19)20/h3-6,9,12-13H,7-8H2,1-2H3,(H,17,18)(H,19,20)/t12-,13-/m1/s1. The Morgan fingerprint density at radius 3 is 2.45 bits per heavy atom. The largest absolute Gasteiger partial charge is 0.481 e. The summed E-state index contributed by atoms with van der Waals surface area (Å²) in [5.41, 5.74) is 2.87. The number of aliphatic carboxylic acids is 1. The molecule has 0 heterocycles. The topological polar surface area (TPSA) is 66.4 Å². The average Bonchev–Trinajstić information content (AvgIpc) is 2.43. The van der Waals surface area contributed by atoms with Gasteiger partial charge in [-0.2, -0.15) is 0 Å². The van der Waals surface area contributed by atoms with Crippen molar-refractivity contribution in [1.82, 2.24) is 0 Å². The summed E-state index contributed by atoms with van der Waals surface area (Å²) in [7, 11) is 0. The van der Waals surface area contributed by atoms with E-state index in [0.717, 1.165) is 16.8 Å². The van der Waals surface area contributed by atoms with E-state index < -0.39 is 17.8 Å². The van der Waals surface area contributed by atoms with Gasteiger partial charge in [0.1, 0.15) is 0 Å². The van der Waals surface area contributed by atoms with Crippen LogP contribution < -0.4 is 5.32 Å². The van der Waals surface area contributed by atoms with Crippen LogP contribution in [0, 0.1) is 25.7 Å². The third-order valence-electron chi connectivity index (χ3n) is 3.95. The Hall–Kier alpha value is -2.10. The van der Waals surface area contributed by atoms with Crippen LogP contribution in [0.5, 0.6) is 0 Å². The van der Waals surface area contributed by atoms with E-state index in [-0.39, 0.29) is 5.91 Å². The van der Waals surface area contributed by atoms with Gasteiger partial charge in [0, 0.05) is 5.69 Å². The highest BCUT2D eigenvalue weighted by Crippen LogP contribution is 2.28. The first kappa shape index (κ1) is 14.3. The summed E-state index contributed by atoms with van der Waals surface area (Å²) in [6.45, 7) is 3.93. The molecule has 1 aromatic rings. The number of hydrogen-bond donors (Lipinski definition) is 2. The van der Waals surface area contributed by atoms with Gasteiger partial charge in [-0.1, -0.05) is 24.3 Å². The highest BCUT2D eigenvalue weighted by molar-refractivity contribution is 5.96. The van der Waals surface area contributed by atoms with Gasteiger partial charge >= 0.3 is 5.97 Å². The molecule has 1 aliphatic carbocycles. The fraction of sp³-hybridized carbons (Fsp3) is 0.375. The molecule has 0 aromatic heterocycles. The number of carboxylic acid groups (broad SMARTS) is 1. The zero-order chi connectivity index (χ0) is 14.7. The summed E-state index contributed by atoms with van der Waals surface area (Å²) in [6, 6.07) is 5.70. The van der Waals surface area contributed by atoms with Crippen LogP contribution >= 0.6 is 0 Å².